The zero-order valence-electron chi connectivity index (χ0n) is 13.6. The lowest BCUT2D eigenvalue weighted by molar-refractivity contribution is -0.126. The molecule has 0 aliphatic heterocycles. The number of Topliss-reactive ketones (excluding diaryl/α,β-unsaturated/α-hetero) is 2. The summed E-state index contributed by atoms with van der Waals surface area (Å²) in [5, 5.41) is 0. The largest absolute Gasteiger partial charge is 0.414 e. The van der Waals surface area contributed by atoms with E-state index in [1.54, 1.807) is 0 Å². The van der Waals surface area contributed by atoms with E-state index < -0.39 is 8.32 Å². The molecule has 0 saturated carbocycles. The minimum Gasteiger partial charge on any atom is -0.414 e. The van der Waals surface area contributed by atoms with E-state index in [9.17, 15) is 9.59 Å². The summed E-state index contributed by atoms with van der Waals surface area (Å²) in [6.45, 7) is 14.5. The minimum atomic E-state index is -1.57. The molecule has 4 heteroatoms. The van der Waals surface area contributed by atoms with Crippen LogP contribution in [0.15, 0.2) is 0 Å². The Morgan fingerprint density at radius 3 is 2.00 bits per heavy atom. The van der Waals surface area contributed by atoms with Gasteiger partial charge in [0.2, 0.25) is 0 Å². The highest BCUT2D eigenvalue weighted by atomic mass is 28.4. The number of rotatable bonds is 9. The third-order valence-corrected chi connectivity index (χ3v) is 4.01. The van der Waals surface area contributed by atoms with Crippen molar-refractivity contribution in [1.29, 1.82) is 0 Å². The van der Waals surface area contributed by atoms with Crippen LogP contribution in [0.1, 0.15) is 47.0 Å². The summed E-state index contributed by atoms with van der Waals surface area (Å²) in [5.74, 6) is 0.804. The Morgan fingerprint density at radius 1 is 1.11 bits per heavy atom. The van der Waals surface area contributed by atoms with Crippen LogP contribution in [0.3, 0.4) is 0 Å². The highest BCUT2D eigenvalue weighted by molar-refractivity contribution is 6.69. The first-order chi connectivity index (χ1) is 8.53. The molecular weight excluding hydrogens is 256 g/mol. The van der Waals surface area contributed by atoms with E-state index in [1.807, 2.05) is 0 Å². The summed E-state index contributed by atoms with van der Waals surface area (Å²) in [5.41, 5.74) is 0. The van der Waals surface area contributed by atoms with Crippen molar-refractivity contribution < 1.29 is 14.0 Å². The fraction of sp³-hybridized carbons (Fsp3) is 0.867. The molecule has 112 valence electrons. The van der Waals surface area contributed by atoms with Crippen LogP contribution in [-0.2, 0) is 14.0 Å². The van der Waals surface area contributed by atoms with Crippen LogP contribution >= 0.6 is 0 Å². The van der Waals surface area contributed by atoms with Crippen molar-refractivity contribution in [1.82, 2.24) is 0 Å². The van der Waals surface area contributed by atoms with E-state index in [2.05, 4.69) is 40.4 Å². The molecule has 0 spiro atoms. The summed E-state index contributed by atoms with van der Waals surface area (Å²) in [6, 6.07) is 0. The lowest BCUT2D eigenvalue weighted by Gasteiger charge is -2.33. The molecule has 2 atom stereocenters. The first-order valence-corrected chi connectivity index (χ1v) is 10.6. The van der Waals surface area contributed by atoms with Gasteiger partial charge in [0.05, 0.1) is 6.42 Å². The fourth-order valence-electron chi connectivity index (χ4n) is 2.24. The maximum absolute atomic E-state index is 11.6. The molecule has 2 unspecified atom stereocenters. The van der Waals surface area contributed by atoms with Crippen molar-refractivity contribution in [3.8, 4) is 0 Å². The standard InChI is InChI=1S/C15H30O3Si/c1-11(2)15(18-19(5,6)7)12(3)8-9-14(17)10-13(4)16/h11-12,15H,8-10H2,1-7H3. The quantitative estimate of drug-likeness (QED) is 0.478. The molecule has 19 heavy (non-hydrogen) atoms. The van der Waals surface area contributed by atoms with Gasteiger partial charge in [0.1, 0.15) is 11.6 Å². The Labute approximate surface area is 119 Å². The molecule has 0 aromatic heterocycles. The molecule has 3 nitrogen and oxygen atoms in total. The lowest BCUT2D eigenvalue weighted by atomic mass is 9.90. The molecule has 0 fully saturated rings. The second-order valence-corrected chi connectivity index (χ2v) is 11.3. The predicted molar refractivity (Wildman–Crippen MR) is 81.8 cm³/mol. The average Bonchev–Trinajstić information content (AvgIpc) is 2.20. The monoisotopic (exact) mass is 286 g/mol. The molecule has 0 amide bonds. The Bertz CT molecular complexity index is 305. The van der Waals surface area contributed by atoms with Crippen LogP contribution in [0.25, 0.3) is 0 Å². The van der Waals surface area contributed by atoms with Crippen molar-refractivity contribution >= 4 is 19.9 Å². The van der Waals surface area contributed by atoms with Crippen molar-refractivity contribution in [2.24, 2.45) is 11.8 Å². The Kier molecular flexibility index (Phi) is 7.75. The first-order valence-electron chi connectivity index (χ1n) is 7.22. The van der Waals surface area contributed by atoms with Gasteiger partial charge in [0.25, 0.3) is 0 Å². The molecule has 0 rings (SSSR count). The maximum Gasteiger partial charge on any atom is 0.184 e. The van der Waals surface area contributed by atoms with Gasteiger partial charge in [-0.15, -0.1) is 0 Å². The van der Waals surface area contributed by atoms with Crippen molar-refractivity contribution in [2.75, 3.05) is 0 Å². The zero-order valence-corrected chi connectivity index (χ0v) is 14.6. The van der Waals surface area contributed by atoms with Crippen LogP contribution in [0.4, 0.5) is 0 Å². The van der Waals surface area contributed by atoms with E-state index in [0.29, 0.717) is 18.3 Å². The Balaban J connectivity index is 4.37. The summed E-state index contributed by atoms with van der Waals surface area (Å²) >= 11 is 0. The Hall–Kier alpha value is -0.483. The second kappa shape index (κ2) is 7.95. The third kappa shape index (κ3) is 9.11. The average molecular weight is 286 g/mol. The van der Waals surface area contributed by atoms with Gasteiger partial charge < -0.3 is 4.43 Å². The molecule has 0 aliphatic carbocycles. The summed E-state index contributed by atoms with van der Waals surface area (Å²) in [7, 11) is -1.57. The van der Waals surface area contributed by atoms with Crippen molar-refractivity contribution in [3.05, 3.63) is 0 Å². The maximum atomic E-state index is 11.6. The van der Waals surface area contributed by atoms with Crippen molar-refractivity contribution in [3.63, 3.8) is 0 Å². The molecule has 0 saturated heterocycles. The topological polar surface area (TPSA) is 43.4 Å². The van der Waals surface area contributed by atoms with Crippen LogP contribution in [0.5, 0.6) is 0 Å². The van der Waals surface area contributed by atoms with Gasteiger partial charge in [-0.05, 0) is 44.8 Å². The van der Waals surface area contributed by atoms with Crippen molar-refractivity contribution in [2.45, 2.75) is 72.7 Å². The first kappa shape index (κ1) is 18.5. The highest BCUT2D eigenvalue weighted by Crippen LogP contribution is 2.24. The van der Waals surface area contributed by atoms with Gasteiger partial charge in [-0.25, -0.2) is 0 Å². The smallest absolute Gasteiger partial charge is 0.184 e. The molecular formula is C15H30O3Si. The van der Waals surface area contributed by atoms with Gasteiger partial charge in [-0.2, -0.15) is 0 Å². The van der Waals surface area contributed by atoms with E-state index in [0.717, 1.165) is 6.42 Å². The van der Waals surface area contributed by atoms with Crippen LogP contribution in [0, 0.1) is 11.8 Å². The highest BCUT2D eigenvalue weighted by Gasteiger charge is 2.28. The number of carbonyl (C=O) groups excluding carboxylic acids is 2. The molecule has 0 aliphatic rings. The number of carbonyl (C=O) groups is 2. The molecule has 0 radical (unpaired) electrons. The number of ketones is 2. The van der Waals surface area contributed by atoms with Crippen LogP contribution < -0.4 is 0 Å². The zero-order chi connectivity index (χ0) is 15.2. The number of hydrogen-bond donors (Lipinski definition) is 0. The van der Waals surface area contributed by atoms with Gasteiger partial charge in [-0.3, -0.25) is 9.59 Å². The predicted octanol–water partition coefficient (Wildman–Crippen LogP) is 3.83. The van der Waals surface area contributed by atoms with E-state index in [1.165, 1.54) is 6.92 Å². The normalized spacial score (nSPS) is 15.4. The lowest BCUT2D eigenvalue weighted by Crippen LogP contribution is -2.38. The van der Waals surface area contributed by atoms with Crippen LogP contribution in [-0.4, -0.2) is 26.0 Å². The number of hydrogen-bond acceptors (Lipinski definition) is 3. The summed E-state index contributed by atoms with van der Waals surface area (Å²) < 4.78 is 6.24. The van der Waals surface area contributed by atoms with E-state index in [-0.39, 0.29) is 24.1 Å². The molecule has 0 aromatic rings. The molecule has 0 N–H and O–H groups in total. The SMILES string of the molecule is CC(=O)CC(=O)CCC(C)C(O[Si](C)(C)C)C(C)C. The van der Waals surface area contributed by atoms with Gasteiger partial charge in [0.15, 0.2) is 8.32 Å². The van der Waals surface area contributed by atoms with Gasteiger partial charge in [0, 0.05) is 12.5 Å². The summed E-state index contributed by atoms with van der Waals surface area (Å²) in [6.07, 6.45) is 1.57. The van der Waals surface area contributed by atoms with Gasteiger partial charge >= 0.3 is 0 Å². The minimum absolute atomic E-state index is 0.0450. The van der Waals surface area contributed by atoms with E-state index >= 15 is 0 Å². The third-order valence-electron chi connectivity index (χ3n) is 3.03. The second-order valence-electron chi connectivity index (χ2n) is 6.87. The fourth-order valence-corrected chi connectivity index (χ4v) is 3.56. The molecule has 0 bridgehead atoms. The Morgan fingerprint density at radius 2 is 1.63 bits per heavy atom. The van der Waals surface area contributed by atoms with E-state index in [4.69, 9.17) is 4.43 Å². The molecule has 0 heterocycles. The van der Waals surface area contributed by atoms with Gasteiger partial charge in [-0.1, -0.05) is 20.8 Å². The summed E-state index contributed by atoms with van der Waals surface area (Å²) in [4.78, 5) is 22.5. The van der Waals surface area contributed by atoms with Crippen LogP contribution in [0.2, 0.25) is 19.6 Å². The molecule has 0 aromatic carbocycles.